The second kappa shape index (κ2) is 8.77. The number of hydrazone groups is 1. The van der Waals surface area contributed by atoms with Gasteiger partial charge in [0.25, 0.3) is 11.6 Å². The maximum atomic E-state index is 12.0. The van der Waals surface area contributed by atoms with E-state index in [2.05, 4.69) is 10.5 Å². The smallest absolute Gasteiger partial charge is 0.269 e. The fourth-order valence-corrected chi connectivity index (χ4v) is 3.21. The number of nitro groups is 1. The Morgan fingerprint density at radius 2 is 1.96 bits per heavy atom. The molecule has 2 heterocycles. The summed E-state index contributed by atoms with van der Waals surface area (Å²) in [5, 5.41) is 14.9. The second-order valence-electron chi connectivity index (χ2n) is 6.62. The van der Waals surface area contributed by atoms with Gasteiger partial charge in [-0.15, -0.1) is 0 Å². The number of non-ortho nitro benzene ring substituents is 1. The number of aromatic nitrogens is 1. The quantitative estimate of drug-likeness (QED) is 0.464. The van der Waals surface area contributed by atoms with Crippen LogP contribution < -0.4 is 5.43 Å². The summed E-state index contributed by atoms with van der Waals surface area (Å²) < 4.78 is 7.25. The summed E-state index contributed by atoms with van der Waals surface area (Å²) in [5.74, 6) is -0.165. The fourth-order valence-electron chi connectivity index (χ4n) is 3.21. The SMILES string of the molecule is Cc1cc(C=NNC(=O)CN2CCOCC2)c(C)n1-c1ccc([N+](=O)[O-])cc1. The molecular formula is C19H23N5O4. The summed E-state index contributed by atoms with van der Waals surface area (Å²) in [5.41, 5.74) is 6.20. The Bertz CT molecular complexity index is 882. The van der Waals surface area contributed by atoms with Gasteiger partial charge in [0, 0.05) is 47.9 Å². The van der Waals surface area contributed by atoms with Crippen molar-refractivity contribution in [3.05, 3.63) is 57.4 Å². The number of hydrogen-bond acceptors (Lipinski definition) is 6. The van der Waals surface area contributed by atoms with E-state index in [-0.39, 0.29) is 11.6 Å². The molecule has 0 saturated carbocycles. The van der Waals surface area contributed by atoms with E-state index in [0.717, 1.165) is 35.7 Å². The van der Waals surface area contributed by atoms with Crippen LogP contribution in [0.3, 0.4) is 0 Å². The third kappa shape index (κ3) is 4.62. The molecule has 0 unspecified atom stereocenters. The number of ether oxygens (including phenoxy) is 1. The summed E-state index contributed by atoms with van der Waals surface area (Å²) in [6, 6.07) is 8.34. The van der Waals surface area contributed by atoms with Gasteiger partial charge in [-0.05, 0) is 32.0 Å². The molecule has 28 heavy (non-hydrogen) atoms. The first kappa shape index (κ1) is 19.7. The van der Waals surface area contributed by atoms with E-state index >= 15 is 0 Å². The molecule has 3 rings (SSSR count). The van der Waals surface area contributed by atoms with Gasteiger partial charge in [-0.2, -0.15) is 5.10 Å². The molecule has 1 amide bonds. The summed E-state index contributed by atoms with van der Waals surface area (Å²) in [6.45, 7) is 6.95. The highest BCUT2D eigenvalue weighted by molar-refractivity contribution is 5.84. The van der Waals surface area contributed by atoms with Gasteiger partial charge in [-0.3, -0.25) is 19.8 Å². The number of nitro benzene ring substituents is 1. The molecule has 0 aliphatic carbocycles. The molecule has 2 aromatic rings. The second-order valence-corrected chi connectivity index (χ2v) is 6.62. The lowest BCUT2D eigenvalue weighted by Gasteiger charge is -2.25. The highest BCUT2D eigenvalue weighted by atomic mass is 16.6. The Hall–Kier alpha value is -3.04. The van der Waals surface area contributed by atoms with E-state index in [1.807, 2.05) is 29.4 Å². The molecule has 0 radical (unpaired) electrons. The van der Waals surface area contributed by atoms with Gasteiger partial charge < -0.3 is 9.30 Å². The zero-order valence-electron chi connectivity index (χ0n) is 15.9. The average Bonchev–Trinajstić information content (AvgIpc) is 2.96. The molecule has 9 heteroatoms. The third-order valence-corrected chi connectivity index (χ3v) is 4.65. The monoisotopic (exact) mass is 385 g/mol. The molecule has 0 bridgehead atoms. The minimum atomic E-state index is -0.420. The van der Waals surface area contributed by atoms with Crippen molar-refractivity contribution in [2.45, 2.75) is 13.8 Å². The molecule has 9 nitrogen and oxygen atoms in total. The van der Waals surface area contributed by atoms with E-state index in [9.17, 15) is 14.9 Å². The molecular weight excluding hydrogens is 362 g/mol. The molecule has 1 saturated heterocycles. The van der Waals surface area contributed by atoms with E-state index in [1.54, 1.807) is 18.3 Å². The van der Waals surface area contributed by atoms with Crippen LogP contribution in [0.25, 0.3) is 5.69 Å². The van der Waals surface area contributed by atoms with Crippen molar-refractivity contribution in [2.75, 3.05) is 32.8 Å². The van der Waals surface area contributed by atoms with Gasteiger partial charge in [0.2, 0.25) is 0 Å². The molecule has 1 aromatic carbocycles. The number of morpholine rings is 1. The van der Waals surface area contributed by atoms with Crippen LogP contribution in [0.1, 0.15) is 17.0 Å². The summed E-state index contributed by atoms with van der Waals surface area (Å²) in [6.07, 6.45) is 1.61. The van der Waals surface area contributed by atoms with Gasteiger partial charge in [0.05, 0.1) is 30.9 Å². The summed E-state index contributed by atoms with van der Waals surface area (Å²) in [7, 11) is 0. The zero-order chi connectivity index (χ0) is 20.1. The first-order valence-electron chi connectivity index (χ1n) is 9.01. The van der Waals surface area contributed by atoms with Crippen molar-refractivity contribution in [3.8, 4) is 5.69 Å². The topological polar surface area (TPSA) is 102 Å². The van der Waals surface area contributed by atoms with Gasteiger partial charge >= 0.3 is 0 Å². The number of rotatable bonds is 6. The number of nitrogens with zero attached hydrogens (tertiary/aromatic N) is 4. The summed E-state index contributed by atoms with van der Waals surface area (Å²) in [4.78, 5) is 24.4. The third-order valence-electron chi connectivity index (χ3n) is 4.65. The van der Waals surface area contributed by atoms with Crippen LogP contribution >= 0.6 is 0 Å². The number of carbonyl (C=O) groups excluding carboxylic acids is 1. The van der Waals surface area contributed by atoms with E-state index < -0.39 is 4.92 Å². The van der Waals surface area contributed by atoms with Crippen molar-refractivity contribution in [1.29, 1.82) is 0 Å². The Kier molecular flexibility index (Phi) is 6.17. The van der Waals surface area contributed by atoms with Crippen LogP contribution in [0.5, 0.6) is 0 Å². The lowest BCUT2D eigenvalue weighted by Crippen LogP contribution is -2.42. The Labute approximate surface area is 162 Å². The van der Waals surface area contributed by atoms with Crippen molar-refractivity contribution < 1.29 is 14.5 Å². The van der Waals surface area contributed by atoms with Gasteiger partial charge in [0.1, 0.15) is 0 Å². The van der Waals surface area contributed by atoms with Crippen LogP contribution in [-0.2, 0) is 9.53 Å². The van der Waals surface area contributed by atoms with Gasteiger partial charge in [-0.25, -0.2) is 5.43 Å². The van der Waals surface area contributed by atoms with E-state index in [0.29, 0.717) is 19.8 Å². The van der Waals surface area contributed by atoms with Gasteiger partial charge in [-0.1, -0.05) is 0 Å². The van der Waals surface area contributed by atoms with Crippen molar-refractivity contribution in [1.82, 2.24) is 14.9 Å². The number of carbonyl (C=O) groups is 1. The van der Waals surface area contributed by atoms with Crippen LogP contribution in [0.4, 0.5) is 5.69 Å². The zero-order valence-corrected chi connectivity index (χ0v) is 15.9. The largest absolute Gasteiger partial charge is 0.379 e. The van der Waals surface area contributed by atoms with Crippen molar-refractivity contribution >= 4 is 17.8 Å². The molecule has 148 valence electrons. The number of benzene rings is 1. The Morgan fingerprint density at radius 1 is 1.29 bits per heavy atom. The van der Waals surface area contributed by atoms with E-state index in [1.165, 1.54) is 12.1 Å². The molecule has 0 atom stereocenters. The van der Waals surface area contributed by atoms with Crippen LogP contribution in [0.2, 0.25) is 0 Å². The molecule has 1 fully saturated rings. The first-order valence-corrected chi connectivity index (χ1v) is 9.01. The Balaban J connectivity index is 1.66. The fraction of sp³-hybridized carbons (Fsp3) is 0.368. The van der Waals surface area contributed by atoms with Crippen LogP contribution in [0.15, 0.2) is 35.4 Å². The molecule has 1 aromatic heterocycles. The first-order chi connectivity index (χ1) is 13.5. The minimum Gasteiger partial charge on any atom is -0.379 e. The highest BCUT2D eigenvalue weighted by Crippen LogP contribution is 2.22. The van der Waals surface area contributed by atoms with Crippen molar-refractivity contribution in [2.24, 2.45) is 5.10 Å². The molecule has 0 spiro atoms. The van der Waals surface area contributed by atoms with Crippen LogP contribution in [-0.4, -0.2) is 59.4 Å². The van der Waals surface area contributed by atoms with Crippen LogP contribution in [0, 0.1) is 24.0 Å². The lowest BCUT2D eigenvalue weighted by atomic mass is 10.2. The average molecular weight is 385 g/mol. The number of amides is 1. The Morgan fingerprint density at radius 3 is 2.61 bits per heavy atom. The number of aryl methyl sites for hydroxylation is 1. The number of nitrogens with one attached hydrogen (secondary N) is 1. The number of hydrogen-bond donors (Lipinski definition) is 1. The molecule has 1 aliphatic rings. The maximum absolute atomic E-state index is 12.0. The maximum Gasteiger partial charge on any atom is 0.269 e. The molecule has 1 N–H and O–H groups in total. The minimum absolute atomic E-state index is 0.0518. The summed E-state index contributed by atoms with van der Waals surface area (Å²) >= 11 is 0. The predicted molar refractivity (Wildman–Crippen MR) is 105 cm³/mol. The predicted octanol–water partition coefficient (Wildman–Crippen LogP) is 1.78. The lowest BCUT2D eigenvalue weighted by molar-refractivity contribution is -0.384. The van der Waals surface area contributed by atoms with E-state index in [4.69, 9.17) is 4.74 Å². The highest BCUT2D eigenvalue weighted by Gasteiger charge is 2.14. The van der Waals surface area contributed by atoms with Crippen molar-refractivity contribution in [3.63, 3.8) is 0 Å². The normalized spacial score (nSPS) is 15.1. The molecule has 1 aliphatic heterocycles. The van der Waals surface area contributed by atoms with Gasteiger partial charge in [0.15, 0.2) is 0 Å². The standard InChI is InChI=1S/C19H23N5O4/c1-14-11-16(12-20-21-19(25)13-22-7-9-28-10-8-22)15(2)23(14)17-3-5-18(6-4-17)24(26)27/h3-6,11-12H,7-10,13H2,1-2H3,(H,21,25).